The Bertz CT molecular complexity index is 1030. The third-order valence-electron chi connectivity index (χ3n) is 4.85. The lowest BCUT2D eigenvalue weighted by atomic mass is 10.1. The average Bonchev–Trinajstić information content (AvgIpc) is 2.96. The van der Waals surface area contributed by atoms with Crippen molar-refractivity contribution >= 4 is 11.3 Å². The molecule has 0 unspecified atom stereocenters. The van der Waals surface area contributed by atoms with Gasteiger partial charge in [-0.25, -0.2) is 15.0 Å². The molecule has 2 aromatic heterocycles. The highest BCUT2D eigenvalue weighted by atomic mass is 19.4. The number of methoxy groups -OCH3 is 1. The van der Waals surface area contributed by atoms with Crippen molar-refractivity contribution in [3.8, 4) is 22.8 Å². The van der Waals surface area contributed by atoms with Crippen LogP contribution in [0.25, 0.3) is 22.6 Å². The molecule has 0 fully saturated rings. The van der Waals surface area contributed by atoms with Gasteiger partial charge in [0.1, 0.15) is 17.3 Å². The van der Waals surface area contributed by atoms with Gasteiger partial charge in [0, 0.05) is 17.7 Å². The van der Waals surface area contributed by atoms with Crippen LogP contribution in [-0.2, 0) is 0 Å². The van der Waals surface area contributed by atoms with E-state index in [1.165, 1.54) is 25.3 Å². The number of rotatable bonds is 6. The number of ether oxygens (including phenoxy) is 2. The van der Waals surface area contributed by atoms with E-state index < -0.39 is 6.36 Å². The Hall–Kier alpha value is -2.84. The number of hydrogen-bond acceptors (Lipinski definition) is 5. The molecular weight excluding hydrogens is 385 g/mol. The summed E-state index contributed by atoms with van der Waals surface area (Å²) in [6.07, 6.45) is -2.89. The van der Waals surface area contributed by atoms with E-state index in [1.807, 2.05) is 6.92 Å². The van der Waals surface area contributed by atoms with Gasteiger partial charge < -0.3 is 14.0 Å². The molecule has 156 valence electrons. The molecule has 0 aliphatic carbocycles. The second-order valence-electron chi connectivity index (χ2n) is 6.71. The van der Waals surface area contributed by atoms with Gasteiger partial charge in [0.05, 0.1) is 18.5 Å². The van der Waals surface area contributed by atoms with Crippen LogP contribution in [0.2, 0.25) is 0 Å². The van der Waals surface area contributed by atoms with Crippen LogP contribution in [0, 0.1) is 13.8 Å². The first-order valence-corrected chi connectivity index (χ1v) is 9.35. The number of alkyl halides is 3. The van der Waals surface area contributed by atoms with Crippen molar-refractivity contribution in [2.45, 2.75) is 52.9 Å². The number of hydrogen-bond donors (Lipinski definition) is 0. The maximum atomic E-state index is 12.5. The lowest BCUT2D eigenvalue weighted by molar-refractivity contribution is -0.274. The van der Waals surface area contributed by atoms with E-state index in [4.69, 9.17) is 9.72 Å². The lowest BCUT2D eigenvalue weighted by Gasteiger charge is -2.17. The highest BCUT2D eigenvalue weighted by molar-refractivity contribution is 5.76. The van der Waals surface area contributed by atoms with Crippen molar-refractivity contribution in [3.63, 3.8) is 0 Å². The summed E-state index contributed by atoms with van der Waals surface area (Å²) in [5.41, 5.74) is 2.85. The second-order valence-corrected chi connectivity index (χ2v) is 6.71. The highest BCUT2D eigenvalue weighted by Crippen LogP contribution is 2.36. The van der Waals surface area contributed by atoms with E-state index >= 15 is 0 Å². The van der Waals surface area contributed by atoms with Crippen molar-refractivity contribution in [2.75, 3.05) is 7.11 Å². The Morgan fingerprint density at radius 1 is 1.07 bits per heavy atom. The topological polar surface area (TPSA) is 62.1 Å². The summed E-state index contributed by atoms with van der Waals surface area (Å²) in [4.78, 5) is 13.9. The van der Waals surface area contributed by atoms with E-state index in [-0.39, 0.29) is 17.5 Å². The standard InChI is InChI=1S/C20H23F3N4O2/c1-6-13(7-2)27-12(4)25-18-19(27)24-11(3)17(26-18)15-9-8-14(10-16(15)28-5)29-20(21,22)23/h8-10,13H,6-7H2,1-5H3. The van der Waals surface area contributed by atoms with Crippen LogP contribution in [-0.4, -0.2) is 33.0 Å². The number of aryl methyl sites for hydroxylation is 2. The van der Waals surface area contributed by atoms with E-state index in [1.54, 1.807) is 6.92 Å². The van der Waals surface area contributed by atoms with Gasteiger partial charge in [0.15, 0.2) is 11.3 Å². The molecule has 0 aliphatic heterocycles. The van der Waals surface area contributed by atoms with Crippen LogP contribution in [0.15, 0.2) is 18.2 Å². The van der Waals surface area contributed by atoms with E-state index in [0.717, 1.165) is 18.7 Å². The summed E-state index contributed by atoms with van der Waals surface area (Å²) in [5, 5.41) is 0. The molecule has 9 heteroatoms. The minimum atomic E-state index is -4.78. The fraction of sp³-hybridized carbons (Fsp3) is 0.450. The maximum absolute atomic E-state index is 12.5. The van der Waals surface area contributed by atoms with Crippen LogP contribution in [0.5, 0.6) is 11.5 Å². The molecule has 0 aliphatic rings. The van der Waals surface area contributed by atoms with Crippen LogP contribution in [0.4, 0.5) is 13.2 Å². The predicted molar refractivity (Wildman–Crippen MR) is 103 cm³/mol. The van der Waals surface area contributed by atoms with Crippen molar-refractivity contribution in [1.29, 1.82) is 0 Å². The molecule has 0 atom stereocenters. The largest absolute Gasteiger partial charge is 0.573 e. The van der Waals surface area contributed by atoms with Gasteiger partial charge in [0.25, 0.3) is 0 Å². The molecule has 0 amide bonds. The molecule has 0 spiro atoms. The molecule has 2 heterocycles. The van der Waals surface area contributed by atoms with Gasteiger partial charge in [-0.15, -0.1) is 13.2 Å². The molecule has 29 heavy (non-hydrogen) atoms. The van der Waals surface area contributed by atoms with Crippen molar-refractivity contribution in [1.82, 2.24) is 19.5 Å². The van der Waals surface area contributed by atoms with Crippen LogP contribution in [0.1, 0.15) is 44.2 Å². The van der Waals surface area contributed by atoms with Gasteiger partial charge in [-0.2, -0.15) is 0 Å². The molecule has 0 bridgehead atoms. The first-order chi connectivity index (χ1) is 13.7. The summed E-state index contributed by atoms with van der Waals surface area (Å²) in [6, 6.07) is 4.16. The van der Waals surface area contributed by atoms with Gasteiger partial charge in [-0.3, -0.25) is 0 Å². The minimum absolute atomic E-state index is 0.208. The molecule has 0 N–H and O–H groups in total. The van der Waals surface area contributed by atoms with Crippen LogP contribution in [0.3, 0.4) is 0 Å². The van der Waals surface area contributed by atoms with E-state index in [2.05, 4.69) is 33.1 Å². The number of aromatic nitrogens is 4. The lowest BCUT2D eigenvalue weighted by Crippen LogP contribution is -2.17. The van der Waals surface area contributed by atoms with Gasteiger partial charge in [-0.1, -0.05) is 13.8 Å². The quantitative estimate of drug-likeness (QED) is 0.548. The zero-order valence-electron chi connectivity index (χ0n) is 17.0. The highest BCUT2D eigenvalue weighted by Gasteiger charge is 2.31. The third-order valence-corrected chi connectivity index (χ3v) is 4.85. The zero-order chi connectivity index (χ0) is 21.3. The third kappa shape index (κ3) is 4.13. The van der Waals surface area contributed by atoms with Gasteiger partial charge >= 0.3 is 6.36 Å². The normalized spacial score (nSPS) is 12.0. The Balaban J connectivity index is 2.12. The van der Waals surface area contributed by atoms with Crippen molar-refractivity contribution < 1.29 is 22.6 Å². The SMILES string of the molecule is CCC(CC)n1c(C)nc2nc(-c3ccc(OC(F)(F)F)cc3OC)c(C)nc21. The number of fused-ring (bicyclic) bond motifs is 1. The van der Waals surface area contributed by atoms with Crippen LogP contribution < -0.4 is 9.47 Å². The number of imidazole rings is 1. The summed E-state index contributed by atoms with van der Waals surface area (Å²) in [5.74, 6) is 0.671. The summed E-state index contributed by atoms with van der Waals surface area (Å²) in [6.45, 7) is 7.95. The second kappa shape index (κ2) is 7.88. The Kier molecular flexibility index (Phi) is 5.68. The molecule has 6 nitrogen and oxygen atoms in total. The molecule has 0 saturated heterocycles. The average molecular weight is 408 g/mol. The molecule has 0 saturated carbocycles. The van der Waals surface area contributed by atoms with Crippen LogP contribution >= 0.6 is 0 Å². The molecular formula is C20H23F3N4O2. The maximum Gasteiger partial charge on any atom is 0.573 e. The fourth-order valence-electron chi connectivity index (χ4n) is 3.51. The Morgan fingerprint density at radius 2 is 1.76 bits per heavy atom. The first-order valence-electron chi connectivity index (χ1n) is 9.35. The van der Waals surface area contributed by atoms with Crippen molar-refractivity contribution in [3.05, 3.63) is 29.7 Å². The molecule has 1 aromatic carbocycles. The predicted octanol–water partition coefficient (Wildman–Crippen LogP) is 5.38. The van der Waals surface area contributed by atoms with Crippen molar-refractivity contribution in [2.24, 2.45) is 0 Å². The summed E-state index contributed by atoms with van der Waals surface area (Å²) < 4.78 is 48.9. The minimum Gasteiger partial charge on any atom is -0.496 e. The number of halogens is 3. The summed E-state index contributed by atoms with van der Waals surface area (Å²) in [7, 11) is 1.38. The van der Waals surface area contributed by atoms with E-state index in [9.17, 15) is 13.2 Å². The number of nitrogens with zero attached hydrogens (tertiary/aromatic N) is 4. The van der Waals surface area contributed by atoms with E-state index in [0.29, 0.717) is 28.2 Å². The monoisotopic (exact) mass is 408 g/mol. The molecule has 3 aromatic rings. The molecule has 0 radical (unpaired) electrons. The van der Waals surface area contributed by atoms with Gasteiger partial charge in [0.2, 0.25) is 0 Å². The Morgan fingerprint density at radius 3 is 2.34 bits per heavy atom. The fourth-order valence-corrected chi connectivity index (χ4v) is 3.51. The Labute approximate surface area is 166 Å². The smallest absolute Gasteiger partial charge is 0.496 e. The first kappa shape index (κ1) is 20.9. The zero-order valence-corrected chi connectivity index (χ0v) is 17.0. The number of benzene rings is 1. The van der Waals surface area contributed by atoms with Gasteiger partial charge in [-0.05, 0) is 38.8 Å². The summed E-state index contributed by atoms with van der Waals surface area (Å²) >= 11 is 0. The molecule has 3 rings (SSSR count).